The second-order valence-corrected chi connectivity index (χ2v) is 5.06. The highest BCUT2D eigenvalue weighted by Gasteiger charge is 2.32. The van der Waals surface area contributed by atoms with Gasteiger partial charge in [-0.1, -0.05) is 24.3 Å². The molecule has 3 nitrogen and oxygen atoms in total. The van der Waals surface area contributed by atoms with Gasteiger partial charge in [-0.05, 0) is 32.0 Å². The molecule has 0 radical (unpaired) electrons. The highest BCUT2D eigenvalue weighted by atomic mass is 16.3. The van der Waals surface area contributed by atoms with E-state index in [1.807, 2.05) is 25.2 Å². The molecule has 1 aliphatic rings. The molecule has 1 N–H and O–H groups in total. The van der Waals surface area contributed by atoms with Gasteiger partial charge in [0, 0.05) is 18.5 Å². The summed E-state index contributed by atoms with van der Waals surface area (Å²) < 4.78 is 0. The Labute approximate surface area is 102 Å². The summed E-state index contributed by atoms with van der Waals surface area (Å²) in [6, 6.07) is 7.50. The Morgan fingerprint density at radius 1 is 1.47 bits per heavy atom. The lowest BCUT2D eigenvalue weighted by Gasteiger charge is -2.37. The molecule has 2 rings (SSSR count). The molecule has 17 heavy (non-hydrogen) atoms. The van der Waals surface area contributed by atoms with E-state index in [9.17, 15) is 9.90 Å². The lowest BCUT2D eigenvalue weighted by Crippen LogP contribution is -2.48. The van der Waals surface area contributed by atoms with E-state index in [4.69, 9.17) is 0 Å². The van der Waals surface area contributed by atoms with Gasteiger partial charge in [-0.3, -0.25) is 4.79 Å². The van der Waals surface area contributed by atoms with Gasteiger partial charge in [0.1, 0.15) is 6.29 Å². The second kappa shape index (κ2) is 4.98. The lowest BCUT2D eigenvalue weighted by molar-refractivity contribution is -0.0224. The molecule has 3 heteroatoms. The molecule has 1 unspecified atom stereocenters. The van der Waals surface area contributed by atoms with Crippen LogP contribution in [0, 0.1) is 0 Å². The number of rotatable bonds is 3. The molecular weight excluding hydrogens is 214 g/mol. The van der Waals surface area contributed by atoms with Crippen LogP contribution in [-0.4, -0.2) is 42.0 Å². The monoisotopic (exact) mass is 233 g/mol. The Morgan fingerprint density at radius 2 is 2.24 bits per heavy atom. The second-order valence-electron chi connectivity index (χ2n) is 5.06. The summed E-state index contributed by atoms with van der Waals surface area (Å²) in [6.45, 7) is 1.72. The fourth-order valence-electron chi connectivity index (χ4n) is 2.65. The molecule has 1 atom stereocenters. The number of piperidine rings is 1. The maximum absolute atomic E-state index is 10.9. The molecule has 92 valence electrons. The van der Waals surface area contributed by atoms with Gasteiger partial charge in [0.2, 0.25) is 0 Å². The summed E-state index contributed by atoms with van der Waals surface area (Å²) >= 11 is 0. The summed E-state index contributed by atoms with van der Waals surface area (Å²) in [5.74, 6) is 0. The zero-order chi connectivity index (χ0) is 12.3. The minimum Gasteiger partial charge on any atom is -0.388 e. The van der Waals surface area contributed by atoms with Crippen LogP contribution in [0.2, 0.25) is 0 Å². The molecule has 0 spiro atoms. The van der Waals surface area contributed by atoms with Crippen molar-refractivity contribution in [1.29, 1.82) is 0 Å². The summed E-state index contributed by atoms with van der Waals surface area (Å²) in [4.78, 5) is 13.1. The van der Waals surface area contributed by atoms with Gasteiger partial charge < -0.3 is 10.0 Å². The van der Waals surface area contributed by atoms with Crippen LogP contribution in [0.4, 0.5) is 0 Å². The number of nitrogens with zero attached hydrogens (tertiary/aromatic N) is 1. The molecule has 0 aromatic heterocycles. The van der Waals surface area contributed by atoms with Crippen LogP contribution < -0.4 is 0 Å². The first kappa shape index (κ1) is 12.3. The van der Waals surface area contributed by atoms with Crippen molar-refractivity contribution in [3.8, 4) is 0 Å². The fraction of sp³-hybridized carbons (Fsp3) is 0.500. The van der Waals surface area contributed by atoms with Gasteiger partial charge in [-0.15, -0.1) is 0 Å². The number of aldehydes is 1. The third kappa shape index (κ3) is 2.93. The van der Waals surface area contributed by atoms with E-state index in [2.05, 4.69) is 4.90 Å². The molecule has 1 aromatic rings. The number of likely N-dealkylation sites (tertiary alicyclic amines) is 1. The normalized spacial score (nSPS) is 25.8. The van der Waals surface area contributed by atoms with Gasteiger partial charge in [-0.25, -0.2) is 0 Å². The molecule has 1 aliphatic heterocycles. The highest BCUT2D eigenvalue weighted by molar-refractivity contribution is 5.77. The molecule has 0 aliphatic carbocycles. The van der Waals surface area contributed by atoms with E-state index in [0.29, 0.717) is 18.5 Å². The topological polar surface area (TPSA) is 40.5 Å². The Kier molecular flexibility index (Phi) is 3.60. The number of carbonyl (C=O) groups is 1. The van der Waals surface area contributed by atoms with Crippen LogP contribution >= 0.6 is 0 Å². The maximum Gasteiger partial charge on any atom is 0.150 e. The van der Waals surface area contributed by atoms with E-state index < -0.39 is 5.60 Å². The number of hydrogen-bond acceptors (Lipinski definition) is 3. The van der Waals surface area contributed by atoms with Crippen LogP contribution in [0.15, 0.2) is 24.3 Å². The maximum atomic E-state index is 10.9. The number of carbonyl (C=O) groups excluding carboxylic acids is 1. The van der Waals surface area contributed by atoms with E-state index in [1.54, 1.807) is 6.07 Å². The molecule has 0 bridgehead atoms. The van der Waals surface area contributed by atoms with Gasteiger partial charge >= 0.3 is 0 Å². The minimum absolute atomic E-state index is 0.562. The van der Waals surface area contributed by atoms with E-state index in [1.165, 1.54) is 0 Å². The van der Waals surface area contributed by atoms with Crippen LogP contribution in [-0.2, 0) is 6.42 Å². The third-order valence-corrected chi connectivity index (χ3v) is 3.45. The Bertz CT molecular complexity index is 405. The number of benzene rings is 1. The average molecular weight is 233 g/mol. The number of aliphatic hydroxyl groups is 1. The van der Waals surface area contributed by atoms with Crippen molar-refractivity contribution in [2.24, 2.45) is 0 Å². The fourth-order valence-corrected chi connectivity index (χ4v) is 2.65. The zero-order valence-corrected chi connectivity index (χ0v) is 10.2. The smallest absolute Gasteiger partial charge is 0.150 e. The van der Waals surface area contributed by atoms with Crippen molar-refractivity contribution in [3.05, 3.63) is 35.4 Å². The zero-order valence-electron chi connectivity index (χ0n) is 10.2. The van der Waals surface area contributed by atoms with Gasteiger partial charge in [-0.2, -0.15) is 0 Å². The molecule has 0 amide bonds. The minimum atomic E-state index is -0.688. The first-order valence-corrected chi connectivity index (χ1v) is 6.07. The van der Waals surface area contributed by atoms with Crippen molar-refractivity contribution in [1.82, 2.24) is 4.90 Å². The third-order valence-electron chi connectivity index (χ3n) is 3.45. The lowest BCUT2D eigenvalue weighted by atomic mass is 9.85. The van der Waals surface area contributed by atoms with E-state index in [0.717, 1.165) is 31.2 Å². The molecule has 1 heterocycles. The standard InChI is InChI=1S/C14H19NO2/c1-15-8-4-7-14(17,11-15)9-12-5-2-3-6-13(12)10-16/h2-3,5-6,10,17H,4,7-9,11H2,1H3. The van der Waals surface area contributed by atoms with Gasteiger partial charge in [0.15, 0.2) is 0 Å². The number of hydrogen-bond donors (Lipinski definition) is 1. The van der Waals surface area contributed by atoms with E-state index in [-0.39, 0.29) is 0 Å². The molecule has 1 aromatic carbocycles. The van der Waals surface area contributed by atoms with E-state index >= 15 is 0 Å². The Morgan fingerprint density at radius 3 is 2.94 bits per heavy atom. The SMILES string of the molecule is CN1CCCC(O)(Cc2ccccc2C=O)C1. The Hall–Kier alpha value is -1.19. The average Bonchev–Trinajstić information content (AvgIpc) is 2.29. The van der Waals surface area contributed by atoms with Crippen LogP contribution in [0.3, 0.4) is 0 Å². The predicted molar refractivity (Wildman–Crippen MR) is 67.2 cm³/mol. The van der Waals surface area contributed by atoms with Crippen LogP contribution in [0.1, 0.15) is 28.8 Å². The van der Waals surface area contributed by atoms with Crippen molar-refractivity contribution in [2.45, 2.75) is 24.9 Å². The summed E-state index contributed by atoms with van der Waals surface area (Å²) in [5, 5.41) is 10.6. The molecular formula is C14H19NO2. The summed E-state index contributed by atoms with van der Waals surface area (Å²) in [6.07, 6.45) is 3.25. The van der Waals surface area contributed by atoms with Gasteiger partial charge in [0.25, 0.3) is 0 Å². The van der Waals surface area contributed by atoms with Crippen LogP contribution in [0.5, 0.6) is 0 Å². The largest absolute Gasteiger partial charge is 0.388 e. The highest BCUT2D eigenvalue weighted by Crippen LogP contribution is 2.25. The summed E-state index contributed by atoms with van der Waals surface area (Å²) in [5.41, 5.74) is 0.945. The predicted octanol–water partition coefficient (Wildman–Crippen LogP) is 1.50. The van der Waals surface area contributed by atoms with Crippen molar-refractivity contribution >= 4 is 6.29 Å². The van der Waals surface area contributed by atoms with Crippen molar-refractivity contribution in [2.75, 3.05) is 20.1 Å². The number of likely N-dealkylation sites (N-methyl/N-ethyl adjacent to an activating group) is 1. The number of β-amino-alcohol motifs (C(OH)–C–C–N with tert-alkyl or cyclic N) is 1. The molecule has 1 saturated heterocycles. The van der Waals surface area contributed by atoms with Crippen molar-refractivity contribution in [3.63, 3.8) is 0 Å². The Balaban J connectivity index is 2.16. The molecule has 1 fully saturated rings. The van der Waals surface area contributed by atoms with Crippen molar-refractivity contribution < 1.29 is 9.90 Å². The molecule has 0 saturated carbocycles. The quantitative estimate of drug-likeness (QED) is 0.804. The first-order valence-electron chi connectivity index (χ1n) is 6.07. The summed E-state index contributed by atoms with van der Waals surface area (Å²) in [7, 11) is 2.02. The van der Waals surface area contributed by atoms with Gasteiger partial charge in [0.05, 0.1) is 5.60 Å². The van der Waals surface area contributed by atoms with Crippen LogP contribution in [0.25, 0.3) is 0 Å². The first-order chi connectivity index (χ1) is 8.13.